The lowest BCUT2D eigenvalue weighted by Gasteiger charge is -2.35. The van der Waals surface area contributed by atoms with E-state index in [-0.39, 0.29) is 10.8 Å². The first kappa shape index (κ1) is 38.6. The van der Waals surface area contributed by atoms with Gasteiger partial charge in [0.1, 0.15) is 22.3 Å². The molecule has 309 valence electrons. The standard InChI is InChI=1S/C58H46BN2O2S/c1-57(2,3)35-24-27-37(28-25-35)60-45-31-42-38-18-10-13-21-48(38)62-50(42)33-44(45)52-53-47(32-43-39-19-11-14-22-49(39)63-55(43)52)61(54-40-20-12-15-23-51(40)64-56(54)59-53)46-29-26-36(58(4,5)6)30-41(46)34-16-8-7-9-17-34/h7-33,60H,1-6H3. The molecule has 8 aromatic carbocycles. The van der Waals surface area contributed by atoms with E-state index in [9.17, 15) is 0 Å². The lowest BCUT2D eigenvalue weighted by Crippen LogP contribution is -2.39. The van der Waals surface area contributed by atoms with E-state index in [4.69, 9.17) is 8.83 Å². The lowest BCUT2D eigenvalue weighted by molar-refractivity contribution is 0.590. The first-order valence-electron chi connectivity index (χ1n) is 22.2. The van der Waals surface area contributed by atoms with Crippen molar-refractivity contribution in [2.24, 2.45) is 0 Å². The molecule has 0 amide bonds. The van der Waals surface area contributed by atoms with Crippen LogP contribution in [0.3, 0.4) is 0 Å². The minimum absolute atomic E-state index is 0.0366. The second-order valence-electron chi connectivity index (χ2n) is 19.2. The van der Waals surface area contributed by atoms with Crippen LogP contribution >= 0.6 is 11.3 Å². The van der Waals surface area contributed by atoms with Crippen molar-refractivity contribution in [3.05, 3.63) is 175 Å². The summed E-state index contributed by atoms with van der Waals surface area (Å²) in [6, 6.07) is 59.3. The van der Waals surface area contributed by atoms with Gasteiger partial charge in [-0.2, -0.15) is 0 Å². The number of hydrogen-bond donors (Lipinski definition) is 1. The van der Waals surface area contributed by atoms with E-state index in [2.05, 4.69) is 217 Å². The van der Waals surface area contributed by atoms with Crippen LogP contribution in [0.2, 0.25) is 0 Å². The van der Waals surface area contributed by atoms with Gasteiger partial charge in [0, 0.05) is 65.4 Å². The second-order valence-corrected chi connectivity index (χ2v) is 20.3. The minimum atomic E-state index is -0.0450. The van der Waals surface area contributed by atoms with Crippen LogP contribution in [-0.2, 0) is 10.8 Å². The van der Waals surface area contributed by atoms with Crippen molar-refractivity contribution < 1.29 is 8.83 Å². The van der Waals surface area contributed by atoms with Gasteiger partial charge in [0.05, 0.1) is 11.4 Å². The topological polar surface area (TPSA) is 41.6 Å². The maximum atomic E-state index is 7.07. The third-order valence-corrected chi connectivity index (χ3v) is 14.1. The molecule has 0 spiro atoms. The Morgan fingerprint density at radius 2 is 1.16 bits per heavy atom. The molecular weight excluding hydrogens is 800 g/mol. The summed E-state index contributed by atoms with van der Waals surface area (Å²) in [7, 11) is 2.41. The largest absolute Gasteiger partial charge is 0.456 e. The van der Waals surface area contributed by atoms with Gasteiger partial charge in [0.25, 0.3) is 0 Å². The minimum Gasteiger partial charge on any atom is -0.456 e. The van der Waals surface area contributed by atoms with Gasteiger partial charge in [-0.25, -0.2) is 0 Å². The van der Waals surface area contributed by atoms with Crippen molar-refractivity contribution in [2.45, 2.75) is 52.4 Å². The van der Waals surface area contributed by atoms with Crippen LogP contribution in [0.1, 0.15) is 52.7 Å². The summed E-state index contributed by atoms with van der Waals surface area (Å²) < 4.78 is 16.2. The van der Waals surface area contributed by atoms with Gasteiger partial charge < -0.3 is 19.1 Å². The fourth-order valence-electron chi connectivity index (χ4n) is 9.68. The Morgan fingerprint density at radius 3 is 1.89 bits per heavy atom. The maximum absolute atomic E-state index is 7.07. The molecule has 11 aromatic rings. The van der Waals surface area contributed by atoms with Gasteiger partial charge in [-0.3, -0.25) is 0 Å². The summed E-state index contributed by atoms with van der Waals surface area (Å²) in [5.41, 5.74) is 16.8. The van der Waals surface area contributed by atoms with E-state index >= 15 is 0 Å². The van der Waals surface area contributed by atoms with E-state index in [1.54, 1.807) is 0 Å². The number of rotatable bonds is 5. The van der Waals surface area contributed by atoms with Crippen LogP contribution in [0.25, 0.3) is 76.2 Å². The molecule has 1 N–H and O–H groups in total. The highest BCUT2D eigenvalue weighted by Crippen LogP contribution is 2.51. The molecule has 0 bridgehead atoms. The molecule has 0 unspecified atom stereocenters. The Balaban J connectivity index is 1.20. The van der Waals surface area contributed by atoms with Crippen LogP contribution < -0.4 is 20.5 Å². The average molecular weight is 846 g/mol. The van der Waals surface area contributed by atoms with Gasteiger partial charge >= 0.3 is 0 Å². The zero-order valence-electron chi connectivity index (χ0n) is 36.8. The number of nitrogens with zero attached hydrogens (tertiary/aromatic N) is 1. The third-order valence-electron chi connectivity index (χ3n) is 13.0. The number of nitrogens with one attached hydrogen (secondary N) is 1. The fraction of sp³-hybridized carbons (Fsp3) is 0.138. The monoisotopic (exact) mass is 845 g/mol. The number of fused-ring (bicyclic) bond motifs is 10. The molecule has 0 saturated carbocycles. The lowest BCUT2D eigenvalue weighted by atomic mass is 9.61. The van der Waals surface area contributed by atoms with E-state index in [0.29, 0.717) is 0 Å². The number of anilines is 5. The fourth-order valence-corrected chi connectivity index (χ4v) is 10.8. The normalized spacial score (nSPS) is 12.9. The number of furan rings is 2. The molecule has 64 heavy (non-hydrogen) atoms. The summed E-state index contributed by atoms with van der Waals surface area (Å²) in [4.78, 5) is 2.54. The van der Waals surface area contributed by atoms with Crippen LogP contribution in [0.4, 0.5) is 28.4 Å². The molecule has 0 saturated heterocycles. The molecule has 0 fully saturated rings. The average Bonchev–Trinajstić information content (AvgIpc) is 3.98. The molecule has 4 heterocycles. The van der Waals surface area contributed by atoms with Crippen molar-refractivity contribution in [1.82, 2.24) is 0 Å². The maximum Gasteiger partial charge on any atom is 0.212 e. The Labute approximate surface area is 378 Å². The van der Waals surface area contributed by atoms with Gasteiger partial charge in [-0.15, -0.1) is 11.3 Å². The molecule has 12 rings (SSSR count). The molecule has 3 aromatic heterocycles. The number of para-hydroxylation sites is 2. The molecule has 4 nitrogen and oxygen atoms in total. The molecule has 1 radical (unpaired) electrons. The highest BCUT2D eigenvalue weighted by Gasteiger charge is 2.35. The first-order chi connectivity index (χ1) is 31.0. The zero-order chi connectivity index (χ0) is 43.5. The van der Waals surface area contributed by atoms with Gasteiger partial charge in [-0.05, 0) is 98.4 Å². The van der Waals surface area contributed by atoms with Crippen molar-refractivity contribution in [3.63, 3.8) is 0 Å². The molecule has 0 aliphatic carbocycles. The third kappa shape index (κ3) is 6.18. The van der Waals surface area contributed by atoms with Crippen LogP contribution in [0, 0.1) is 0 Å². The SMILES string of the molecule is CC(C)(C)c1ccc(Nc2cc3c(cc2-c2c4c(cc5c2oc2ccccc25)N(c2ccc(C(C)(C)C)cc2-c2ccccc2)c2c(sc5ccccc25)[B]4)oc2ccccc23)cc1. The van der Waals surface area contributed by atoms with E-state index < -0.39 is 0 Å². The molecule has 6 heteroatoms. The smallest absolute Gasteiger partial charge is 0.212 e. The van der Waals surface area contributed by atoms with E-state index in [1.807, 2.05) is 17.4 Å². The highest BCUT2D eigenvalue weighted by molar-refractivity contribution is 7.29. The van der Waals surface area contributed by atoms with Crippen molar-refractivity contribution in [1.29, 1.82) is 0 Å². The Bertz CT molecular complexity index is 3640. The van der Waals surface area contributed by atoms with Gasteiger partial charge in [-0.1, -0.05) is 145 Å². The van der Waals surface area contributed by atoms with Crippen LogP contribution in [0.15, 0.2) is 173 Å². The highest BCUT2D eigenvalue weighted by atomic mass is 32.1. The molecule has 1 aliphatic rings. The van der Waals surface area contributed by atoms with Gasteiger partial charge in [0.15, 0.2) is 0 Å². The quantitative estimate of drug-likeness (QED) is 0.175. The summed E-state index contributed by atoms with van der Waals surface area (Å²) >= 11 is 1.84. The molecule has 0 atom stereocenters. The molecular formula is C58H46BN2O2S. The van der Waals surface area contributed by atoms with Crippen molar-refractivity contribution in [3.8, 4) is 22.3 Å². The van der Waals surface area contributed by atoms with Gasteiger partial charge in [0.2, 0.25) is 7.28 Å². The van der Waals surface area contributed by atoms with Crippen molar-refractivity contribution >= 4 is 111 Å². The number of benzene rings is 8. The van der Waals surface area contributed by atoms with Crippen LogP contribution in [0.5, 0.6) is 0 Å². The Hall–Kier alpha value is -7.02. The summed E-state index contributed by atoms with van der Waals surface area (Å²) in [5, 5.41) is 9.43. The summed E-state index contributed by atoms with van der Waals surface area (Å²) in [6.45, 7) is 13.7. The number of hydrogen-bond acceptors (Lipinski definition) is 5. The predicted octanol–water partition coefficient (Wildman–Crippen LogP) is 15.8. The summed E-state index contributed by atoms with van der Waals surface area (Å²) in [6.07, 6.45) is 0. The zero-order valence-corrected chi connectivity index (χ0v) is 37.7. The first-order valence-corrected chi connectivity index (χ1v) is 23.0. The number of thiophene rings is 1. The van der Waals surface area contributed by atoms with Crippen LogP contribution in [-0.4, -0.2) is 7.28 Å². The Kier molecular flexibility index (Phi) is 8.60. The second kappa shape index (κ2) is 14.3. The van der Waals surface area contributed by atoms with E-state index in [1.165, 1.54) is 42.8 Å². The van der Waals surface area contributed by atoms with Crippen molar-refractivity contribution in [2.75, 3.05) is 10.2 Å². The summed E-state index contributed by atoms with van der Waals surface area (Å²) in [5.74, 6) is 0. The van der Waals surface area contributed by atoms with E-state index in [0.717, 1.165) is 83.2 Å². The molecule has 1 aliphatic heterocycles. The predicted molar refractivity (Wildman–Crippen MR) is 274 cm³/mol. The Morgan fingerprint density at radius 1 is 0.516 bits per heavy atom.